The molecule has 0 saturated heterocycles. The number of hydrogen-bond donors (Lipinski definition) is 1. The number of halogens is 3. The Morgan fingerprint density at radius 1 is 1.29 bits per heavy atom. The lowest BCUT2D eigenvalue weighted by Crippen LogP contribution is -2.32. The Hall–Kier alpha value is -2.29. The summed E-state index contributed by atoms with van der Waals surface area (Å²) in [5.74, 6) is 0. The molecule has 0 spiro atoms. The van der Waals surface area contributed by atoms with Crippen molar-refractivity contribution in [1.82, 2.24) is 14.9 Å². The molecule has 0 aliphatic carbocycles. The van der Waals surface area contributed by atoms with Crippen LogP contribution in [0.4, 0.5) is 13.2 Å². The van der Waals surface area contributed by atoms with Crippen molar-refractivity contribution >= 4 is 18.4 Å². The summed E-state index contributed by atoms with van der Waals surface area (Å²) in [4.78, 5) is 12.4. The van der Waals surface area contributed by atoms with Gasteiger partial charge in [-0.05, 0) is 29.9 Å². The number of aromatic nitrogens is 3. The van der Waals surface area contributed by atoms with Crippen molar-refractivity contribution in [2.75, 3.05) is 0 Å². The van der Waals surface area contributed by atoms with E-state index in [1.54, 1.807) is 20.8 Å². The molecule has 1 heterocycles. The van der Waals surface area contributed by atoms with Crippen molar-refractivity contribution in [3.05, 3.63) is 56.2 Å². The van der Waals surface area contributed by atoms with Gasteiger partial charge in [-0.3, -0.25) is 9.89 Å². The monoisotopic (exact) mass is 356 g/mol. The molecule has 2 aromatic rings. The molecule has 0 aliphatic rings. The normalized spacial score (nSPS) is 12.8. The third kappa shape index (κ3) is 3.97. The van der Waals surface area contributed by atoms with Crippen LogP contribution in [0.5, 0.6) is 0 Å². The highest BCUT2D eigenvalue weighted by Gasteiger charge is 2.30. The molecular weight excluding hydrogens is 341 g/mol. The number of alkyl halides is 3. The van der Waals surface area contributed by atoms with Crippen LogP contribution in [0.2, 0.25) is 0 Å². The second-order valence-corrected chi connectivity index (χ2v) is 6.50. The Balaban J connectivity index is 2.47. The molecule has 128 valence electrons. The van der Waals surface area contributed by atoms with Crippen molar-refractivity contribution in [3.8, 4) is 0 Å². The summed E-state index contributed by atoms with van der Waals surface area (Å²) in [5, 5.41) is 10.4. The zero-order chi connectivity index (χ0) is 18.1. The van der Waals surface area contributed by atoms with Crippen molar-refractivity contribution < 1.29 is 13.2 Å². The first-order chi connectivity index (χ1) is 11.0. The fourth-order valence-electron chi connectivity index (χ4n) is 1.90. The van der Waals surface area contributed by atoms with Crippen LogP contribution in [0, 0.1) is 4.77 Å². The molecular formula is C15H15F3N4OS. The number of hydrogen-bond acceptors (Lipinski definition) is 4. The van der Waals surface area contributed by atoms with Crippen molar-refractivity contribution in [3.63, 3.8) is 0 Å². The van der Waals surface area contributed by atoms with Crippen LogP contribution in [-0.2, 0) is 11.6 Å². The maximum absolute atomic E-state index is 12.7. The lowest BCUT2D eigenvalue weighted by Gasteiger charge is -2.16. The van der Waals surface area contributed by atoms with E-state index in [4.69, 9.17) is 12.2 Å². The van der Waals surface area contributed by atoms with Gasteiger partial charge in [0, 0.05) is 5.41 Å². The van der Waals surface area contributed by atoms with E-state index in [1.165, 1.54) is 12.1 Å². The van der Waals surface area contributed by atoms with Gasteiger partial charge >= 0.3 is 6.18 Å². The Morgan fingerprint density at radius 3 is 2.54 bits per heavy atom. The summed E-state index contributed by atoms with van der Waals surface area (Å²) in [6.45, 7) is 5.40. The largest absolute Gasteiger partial charge is 0.416 e. The van der Waals surface area contributed by atoms with E-state index in [0.29, 0.717) is 0 Å². The third-order valence-electron chi connectivity index (χ3n) is 3.10. The first-order valence-electron chi connectivity index (χ1n) is 6.94. The van der Waals surface area contributed by atoms with E-state index < -0.39 is 22.7 Å². The van der Waals surface area contributed by atoms with Gasteiger partial charge in [-0.25, -0.2) is 0 Å². The van der Waals surface area contributed by atoms with Crippen LogP contribution in [0.15, 0.2) is 34.2 Å². The van der Waals surface area contributed by atoms with Gasteiger partial charge in [0.25, 0.3) is 5.56 Å². The van der Waals surface area contributed by atoms with Gasteiger partial charge in [-0.2, -0.15) is 28.0 Å². The molecule has 2 rings (SSSR count). The third-order valence-corrected chi connectivity index (χ3v) is 3.36. The summed E-state index contributed by atoms with van der Waals surface area (Å²) in [7, 11) is 0. The molecule has 0 saturated carbocycles. The predicted molar refractivity (Wildman–Crippen MR) is 86.8 cm³/mol. The number of H-pyrrole nitrogens is 1. The molecule has 0 unspecified atom stereocenters. The molecule has 1 aromatic heterocycles. The van der Waals surface area contributed by atoms with Crippen LogP contribution in [0.25, 0.3) is 0 Å². The maximum Gasteiger partial charge on any atom is 0.416 e. The Kier molecular flexibility index (Phi) is 4.75. The number of aromatic amines is 1. The SMILES string of the molecule is CC(C)(C)c1n[nH]c(=S)n(/N=C\c2cccc(C(F)(F)F)c2)c1=O. The minimum absolute atomic E-state index is 0.0452. The molecule has 0 amide bonds. The van der Waals surface area contributed by atoms with Crippen LogP contribution in [0.1, 0.15) is 37.6 Å². The number of benzene rings is 1. The molecule has 0 atom stereocenters. The minimum Gasteiger partial charge on any atom is -0.265 e. The Bertz CT molecular complexity index is 891. The molecule has 0 aliphatic heterocycles. The zero-order valence-corrected chi connectivity index (χ0v) is 14.0. The second-order valence-electron chi connectivity index (χ2n) is 6.11. The van der Waals surface area contributed by atoms with Gasteiger partial charge in [0.1, 0.15) is 5.69 Å². The smallest absolute Gasteiger partial charge is 0.265 e. The fraction of sp³-hybridized carbons (Fsp3) is 0.333. The molecule has 24 heavy (non-hydrogen) atoms. The van der Waals surface area contributed by atoms with Gasteiger partial charge < -0.3 is 0 Å². The lowest BCUT2D eigenvalue weighted by molar-refractivity contribution is -0.137. The van der Waals surface area contributed by atoms with Gasteiger partial charge in [0.15, 0.2) is 0 Å². The Morgan fingerprint density at radius 2 is 1.96 bits per heavy atom. The standard InChI is InChI=1S/C15H15F3N4OS/c1-14(2,3)11-12(23)22(13(24)21-20-11)19-8-9-5-4-6-10(7-9)15(16,17)18/h4-8H,1-3H3,(H,21,24)/b19-8-. The van der Waals surface area contributed by atoms with E-state index in [1.807, 2.05) is 0 Å². The highest BCUT2D eigenvalue weighted by molar-refractivity contribution is 7.71. The van der Waals surface area contributed by atoms with Gasteiger partial charge in [-0.15, -0.1) is 0 Å². The summed E-state index contributed by atoms with van der Waals surface area (Å²) < 4.78 is 39.0. The van der Waals surface area contributed by atoms with Crippen LogP contribution < -0.4 is 5.56 Å². The van der Waals surface area contributed by atoms with Gasteiger partial charge in [0.2, 0.25) is 4.77 Å². The summed E-state index contributed by atoms with van der Waals surface area (Å²) in [6, 6.07) is 4.61. The van der Waals surface area contributed by atoms with Crippen LogP contribution in [-0.4, -0.2) is 21.1 Å². The number of nitrogens with zero attached hydrogens (tertiary/aromatic N) is 3. The molecule has 0 fully saturated rings. The number of rotatable bonds is 2. The maximum atomic E-state index is 12.7. The van der Waals surface area contributed by atoms with E-state index in [-0.39, 0.29) is 16.0 Å². The summed E-state index contributed by atoms with van der Waals surface area (Å²) in [6.07, 6.45) is -3.31. The van der Waals surface area contributed by atoms with Gasteiger partial charge in [0.05, 0.1) is 11.8 Å². The highest BCUT2D eigenvalue weighted by atomic mass is 32.1. The molecule has 1 aromatic carbocycles. The Labute approximate surface area is 140 Å². The summed E-state index contributed by atoms with van der Waals surface area (Å²) >= 11 is 4.97. The average molecular weight is 356 g/mol. The summed E-state index contributed by atoms with van der Waals surface area (Å²) in [5.41, 5.74) is -1.44. The highest BCUT2D eigenvalue weighted by Crippen LogP contribution is 2.29. The van der Waals surface area contributed by atoms with Crippen LogP contribution >= 0.6 is 12.2 Å². The molecule has 0 radical (unpaired) electrons. The fourth-order valence-corrected chi connectivity index (χ4v) is 2.08. The van der Waals surface area contributed by atoms with Crippen molar-refractivity contribution in [2.45, 2.75) is 32.4 Å². The van der Waals surface area contributed by atoms with Crippen molar-refractivity contribution in [2.24, 2.45) is 5.10 Å². The number of nitrogens with one attached hydrogen (secondary N) is 1. The molecule has 9 heteroatoms. The van der Waals surface area contributed by atoms with Crippen molar-refractivity contribution in [1.29, 1.82) is 0 Å². The molecule has 0 bridgehead atoms. The van der Waals surface area contributed by atoms with E-state index in [2.05, 4.69) is 15.3 Å². The zero-order valence-electron chi connectivity index (χ0n) is 13.2. The van der Waals surface area contributed by atoms with E-state index in [0.717, 1.165) is 23.0 Å². The second kappa shape index (κ2) is 6.31. The van der Waals surface area contributed by atoms with Crippen LogP contribution in [0.3, 0.4) is 0 Å². The molecule has 1 N–H and O–H groups in total. The molecule has 5 nitrogen and oxygen atoms in total. The average Bonchev–Trinajstić information content (AvgIpc) is 2.45. The van der Waals surface area contributed by atoms with E-state index in [9.17, 15) is 18.0 Å². The predicted octanol–water partition coefficient (Wildman–Crippen LogP) is 3.50. The topological polar surface area (TPSA) is 63.0 Å². The lowest BCUT2D eigenvalue weighted by atomic mass is 9.93. The minimum atomic E-state index is -4.45. The quantitative estimate of drug-likeness (QED) is 0.662. The van der Waals surface area contributed by atoms with Gasteiger partial charge in [-0.1, -0.05) is 32.9 Å². The van der Waals surface area contributed by atoms with E-state index >= 15 is 0 Å². The first-order valence-corrected chi connectivity index (χ1v) is 7.35. The first kappa shape index (κ1) is 18.1.